The number of fused-ring (bicyclic) bond motifs is 1. The first-order valence-corrected chi connectivity index (χ1v) is 11.8. The van der Waals surface area contributed by atoms with Crippen molar-refractivity contribution in [2.75, 3.05) is 6.54 Å². The van der Waals surface area contributed by atoms with E-state index in [4.69, 9.17) is 9.47 Å². The molecule has 0 aromatic heterocycles. The topological polar surface area (TPSA) is 59.6 Å². The lowest BCUT2D eigenvalue weighted by molar-refractivity contribution is -0.123. The van der Waals surface area contributed by atoms with Crippen LogP contribution in [0.1, 0.15) is 62.2 Å². The molecule has 2 aliphatic heterocycles. The Morgan fingerprint density at radius 3 is 2.56 bits per heavy atom. The van der Waals surface area contributed by atoms with Gasteiger partial charge in [0.15, 0.2) is 0 Å². The van der Waals surface area contributed by atoms with Crippen LogP contribution < -0.4 is 20.1 Å². The first kappa shape index (κ1) is 22.9. The molecule has 1 amide bonds. The average Bonchev–Trinajstić information content (AvgIpc) is 3.36. The number of halogens is 1. The van der Waals surface area contributed by atoms with Crippen LogP contribution in [0.5, 0.6) is 11.5 Å². The average molecular weight is 457 g/mol. The Morgan fingerprint density at radius 1 is 1.00 bits per heavy atom. The summed E-state index contributed by atoms with van der Waals surface area (Å²) in [5.74, 6) is 2.08. The van der Waals surface area contributed by atoms with Crippen LogP contribution in [0.25, 0.3) is 0 Å². The van der Waals surface area contributed by atoms with Gasteiger partial charge in [-0.15, -0.1) is 12.4 Å². The molecule has 172 valence electrons. The molecule has 5 rings (SSSR count). The predicted octanol–water partition coefficient (Wildman–Crippen LogP) is 4.73. The van der Waals surface area contributed by atoms with E-state index in [1.165, 1.54) is 11.1 Å². The van der Waals surface area contributed by atoms with E-state index in [9.17, 15) is 4.79 Å². The molecule has 1 unspecified atom stereocenters. The van der Waals surface area contributed by atoms with E-state index in [0.717, 1.165) is 69.4 Å². The van der Waals surface area contributed by atoms with E-state index in [1.54, 1.807) is 0 Å². The molecular formula is C26H33ClN2O3. The Labute approximate surface area is 196 Å². The fourth-order valence-corrected chi connectivity index (χ4v) is 5.07. The van der Waals surface area contributed by atoms with Gasteiger partial charge in [-0.05, 0) is 87.2 Å². The number of nitrogens with one attached hydrogen (secondary N) is 2. The highest BCUT2D eigenvalue weighted by Crippen LogP contribution is 2.37. The number of amides is 1. The molecule has 3 aliphatic rings. The van der Waals surface area contributed by atoms with Gasteiger partial charge in [0.05, 0.1) is 12.1 Å². The summed E-state index contributed by atoms with van der Waals surface area (Å²) >= 11 is 0. The summed E-state index contributed by atoms with van der Waals surface area (Å²) in [6.45, 7) is 0.956. The summed E-state index contributed by atoms with van der Waals surface area (Å²) in [6.07, 6.45) is 8.31. The second-order valence-corrected chi connectivity index (χ2v) is 9.07. The smallest absolute Gasteiger partial charge is 0.237 e. The number of ether oxygens (including phenoxy) is 2. The van der Waals surface area contributed by atoms with E-state index in [-0.39, 0.29) is 42.6 Å². The van der Waals surface area contributed by atoms with Gasteiger partial charge in [0.1, 0.15) is 17.6 Å². The molecule has 6 heteroatoms. The maximum absolute atomic E-state index is 12.3. The highest BCUT2D eigenvalue weighted by molar-refractivity contribution is 5.85. The van der Waals surface area contributed by atoms with Crippen LogP contribution in [0, 0.1) is 0 Å². The molecule has 2 atom stereocenters. The van der Waals surface area contributed by atoms with Crippen LogP contribution in [0.4, 0.5) is 0 Å². The molecule has 0 spiro atoms. The Bertz CT molecular complexity index is 893. The molecule has 0 bridgehead atoms. The Hall–Kier alpha value is -2.24. The molecule has 2 aromatic carbocycles. The van der Waals surface area contributed by atoms with Gasteiger partial charge in [0, 0.05) is 6.04 Å². The van der Waals surface area contributed by atoms with E-state index in [2.05, 4.69) is 47.0 Å². The SMILES string of the molecule is Cl.O=C(NC1CCC(Oc2ccc3c(c2)CCC(c2ccccc2)O3)CC1)[C@@H]1CCCN1. The van der Waals surface area contributed by atoms with Crippen molar-refractivity contribution in [1.29, 1.82) is 0 Å². The Morgan fingerprint density at radius 2 is 1.81 bits per heavy atom. The van der Waals surface area contributed by atoms with Crippen molar-refractivity contribution in [3.05, 3.63) is 59.7 Å². The first-order valence-electron chi connectivity index (χ1n) is 11.8. The normalized spacial score (nSPS) is 26.9. The summed E-state index contributed by atoms with van der Waals surface area (Å²) < 4.78 is 12.6. The monoisotopic (exact) mass is 456 g/mol. The third-order valence-corrected chi connectivity index (χ3v) is 6.85. The minimum Gasteiger partial charge on any atom is -0.490 e. The zero-order chi connectivity index (χ0) is 21.0. The van der Waals surface area contributed by atoms with Crippen molar-refractivity contribution in [2.45, 2.75) is 75.7 Å². The van der Waals surface area contributed by atoms with E-state index in [1.807, 2.05) is 12.1 Å². The van der Waals surface area contributed by atoms with Gasteiger partial charge in [-0.25, -0.2) is 0 Å². The van der Waals surface area contributed by atoms with Crippen LogP contribution in [0.15, 0.2) is 48.5 Å². The number of rotatable bonds is 5. The molecular weight excluding hydrogens is 424 g/mol. The summed E-state index contributed by atoms with van der Waals surface area (Å²) in [5.41, 5.74) is 2.47. The van der Waals surface area contributed by atoms with Crippen molar-refractivity contribution in [1.82, 2.24) is 10.6 Å². The lowest BCUT2D eigenvalue weighted by atomic mass is 9.92. The quantitative estimate of drug-likeness (QED) is 0.682. The number of hydrogen-bond acceptors (Lipinski definition) is 4. The third-order valence-electron chi connectivity index (χ3n) is 6.85. The van der Waals surface area contributed by atoms with Gasteiger partial charge >= 0.3 is 0 Å². The fourth-order valence-electron chi connectivity index (χ4n) is 5.07. The van der Waals surface area contributed by atoms with Crippen LogP contribution in [-0.2, 0) is 11.2 Å². The molecule has 0 radical (unpaired) electrons. The minimum absolute atomic E-state index is 0. The highest BCUT2D eigenvalue weighted by Gasteiger charge is 2.28. The fraction of sp³-hybridized carbons (Fsp3) is 0.500. The molecule has 1 aliphatic carbocycles. The second-order valence-electron chi connectivity index (χ2n) is 9.07. The van der Waals surface area contributed by atoms with Crippen molar-refractivity contribution < 1.29 is 14.3 Å². The van der Waals surface area contributed by atoms with Crippen LogP contribution >= 0.6 is 12.4 Å². The van der Waals surface area contributed by atoms with Gasteiger partial charge in [0.25, 0.3) is 0 Å². The van der Waals surface area contributed by atoms with E-state index >= 15 is 0 Å². The van der Waals surface area contributed by atoms with Gasteiger partial charge in [-0.3, -0.25) is 4.79 Å². The Kier molecular flexibility index (Phi) is 7.59. The largest absolute Gasteiger partial charge is 0.490 e. The number of hydrogen-bond donors (Lipinski definition) is 2. The number of aryl methyl sites for hydroxylation is 1. The lowest BCUT2D eigenvalue weighted by Crippen LogP contribution is -2.47. The Balaban J connectivity index is 0.00000245. The van der Waals surface area contributed by atoms with Gasteiger partial charge in [-0.2, -0.15) is 0 Å². The molecule has 2 N–H and O–H groups in total. The summed E-state index contributed by atoms with van der Waals surface area (Å²) in [6, 6.07) is 17.0. The second kappa shape index (κ2) is 10.6. The van der Waals surface area contributed by atoms with Crippen LogP contribution in [-0.4, -0.2) is 30.6 Å². The third kappa shape index (κ3) is 5.38. The standard InChI is InChI=1S/C26H32N2O3.ClH/c29-26(23-7-4-16-27-23)28-20-9-11-21(12-10-20)30-22-13-15-25-19(17-22)8-14-24(31-25)18-5-2-1-3-6-18;/h1-3,5-6,13,15,17,20-21,23-24,27H,4,7-12,14,16H2,(H,28,29);1H/t20?,21?,23-,24?;/m0./s1. The molecule has 2 aromatic rings. The van der Waals surface area contributed by atoms with Crippen molar-refractivity contribution >= 4 is 18.3 Å². The molecule has 1 saturated heterocycles. The van der Waals surface area contributed by atoms with Gasteiger partial charge < -0.3 is 20.1 Å². The van der Waals surface area contributed by atoms with Crippen LogP contribution in [0.2, 0.25) is 0 Å². The zero-order valence-corrected chi connectivity index (χ0v) is 19.2. The molecule has 5 nitrogen and oxygen atoms in total. The summed E-state index contributed by atoms with van der Waals surface area (Å²) in [4.78, 5) is 12.3. The minimum atomic E-state index is 0. The lowest BCUT2D eigenvalue weighted by Gasteiger charge is -2.31. The van der Waals surface area contributed by atoms with E-state index in [0.29, 0.717) is 0 Å². The van der Waals surface area contributed by atoms with E-state index < -0.39 is 0 Å². The highest BCUT2D eigenvalue weighted by atomic mass is 35.5. The van der Waals surface area contributed by atoms with Crippen molar-refractivity contribution in [2.24, 2.45) is 0 Å². The molecule has 1 saturated carbocycles. The maximum Gasteiger partial charge on any atom is 0.237 e. The van der Waals surface area contributed by atoms with Gasteiger partial charge in [-0.1, -0.05) is 30.3 Å². The van der Waals surface area contributed by atoms with Crippen molar-refractivity contribution in [3.8, 4) is 11.5 Å². The van der Waals surface area contributed by atoms with Gasteiger partial charge in [0.2, 0.25) is 5.91 Å². The summed E-state index contributed by atoms with van der Waals surface area (Å²) in [5, 5.41) is 6.51. The summed E-state index contributed by atoms with van der Waals surface area (Å²) in [7, 11) is 0. The maximum atomic E-state index is 12.3. The molecule has 2 fully saturated rings. The van der Waals surface area contributed by atoms with Crippen LogP contribution in [0.3, 0.4) is 0 Å². The number of carbonyl (C=O) groups is 1. The predicted molar refractivity (Wildman–Crippen MR) is 128 cm³/mol. The first-order chi connectivity index (χ1) is 15.2. The number of benzene rings is 2. The number of carbonyl (C=O) groups excluding carboxylic acids is 1. The zero-order valence-electron chi connectivity index (χ0n) is 18.4. The molecule has 2 heterocycles. The van der Waals surface area contributed by atoms with Crippen molar-refractivity contribution in [3.63, 3.8) is 0 Å². The molecule has 32 heavy (non-hydrogen) atoms.